The van der Waals surface area contributed by atoms with Crippen molar-refractivity contribution < 1.29 is 13.5 Å². The predicted octanol–water partition coefficient (Wildman–Crippen LogP) is 1.69. The Morgan fingerprint density at radius 3 is 2.38 bits per heavy atom. The minimum atomic E-state index is -3.35. The molecule has 0 radical (unpaired) electrons. The molecule has 0 amide bonds. The highest BCUT2D eigenvalue weighted by Gasteiger charge is 2.34. The Morgan fingerprint density at radius 2 is 1.71 bits per heavy atom. The van der Waals surface area contributed by atoms with E-state index in [0.29, 0.717) is 38.0 Å². The minimum absolute atomic E-state index is 0.0848. The molecule has 2 unspecified atom stereocenters. The van der Waals surface area contributed by atoms with Crippen LogP contribution in [-0.2, 0) is 10.2 Å². The molecule has 0 aromatic carbocycles. The summed E-state index contributed by atoms with van der Waals surface area (Å²) in [4.78, 5) is 0. The third kappa shape index (κ3) is 4.18. The van der Waals surface area contributed by atoms with E-state index in [9.17, 15) is 13.5 Å². The summed E-state index contributed by atoms with van der Waals surface area (Å²) in [6, 6.07) is 0. The topological polar surface area (TPSA) is 60.9 Å². The molecule has 2 saturated heterocycles. The number of hydrogen-bond acceptors (Lipinski definition) is 3. The molecule has 0 aliphatic carbocycles. The lowest BCUT2D eigenvalue weighted by Crippen LogP contribution is -2.48. The van der Waals surface area contributed by atoms with Gasteiger partial charge in [-0.3, -0.25) is 0 Å². The van der Waals surface area contributed by atoms with Crippen LogP contribution in [0.25, 0.3) is 0 Å². The predicted molar refractivity (Wildman–Crippen MR) is 84.1 cm³/mol. The average Bonchev–Trinajstić information content (AvgIpc) is 2.73. The molecular formula is C15H30N2O3S. The normalized spacial score (nSPS) is 30.5. The monoisotopic (exact) mass is 318 g/mol. The quantitative estimate of drug-likeness (QED) is 0.858. The molecule has 2 heterocycles. The molecule has 0 saturated carbocycles. The first-order valence-electron chi connectivity index (χ1n) is 8.31. The van der Waals surface area contributed by atoms with Crippen LogP contribution < -0.4 is 0 Å². The van der Waals surface area contributed by atoms with Gasteiger partial charge in [-0.2, -0.15) is 17.0 Å². The molecule has 5 nitrogen and oxygen atoms in total. The summed E-state index contributed by atoms with van der Waals surface area (Å²) >= 11 is 0. The largest absolute Gasteiger partial charge is 0.396 e. The zero-order chi connectivity index (χ0) is 15.5. The number of piperidine rings is 1. The standard InChI is InChI=1S/C15H30N2O3S/c1-13(2)15-6-4-8-16(10-7-15)21(19,20)17-9-3-5-14(11-17)12-18/h13-15,18H,3-12H2,1-2H3. The fourth-order valence-electron chi connectivity index (χ4n) is 3.54. The summed E-state index contributed by atoms with van der Waals surface area (Å²) in [7, 11) is -3.35. The van der Waals surface area contributed by atoms with E-state index >= 15 is 0 Å². The minimum Gasteiger partial charge on any atom is -0.396 e. The van der Waals surface area contributed by atoms with Crippen LogP contribution in [0.5, 0.6) is 0 Å². The SMILES string of the molecule is CC(C)C1CCCN(S(=O)(=O)N2CCCC(CO)C2)CC1. The van der Waals surface area contributed by atoms with E-state index in [1.165, 1.54) is 0 Å². The maximum Gasteiger partial charge on any atom is 0.281 e. The zero-order valence-electron chi connectivity index (χ0n) is 13.4. The molecule has 2 fully saturated rings. The molecule has 21 heavy (non-hydrogen) atoms. The van der Waals surface area contributed by atoms with Crippen molar-refractivity contribution in [1.29, 1.82) is 0 Å². The third-order valence-corrected chi connectivity index (χ3v) is 7.07. The van der Waals surface area contributed by atoms with Crippen molar-refractivity contribution >= 4 is 10.2 Å². The summed E-state index contributed by atoms with van der Waals surface area (Å²) in [6.07, 6.45) is 4.83. The van der Waals surface area contributed by atoms with Gasteiger partial charge in [0.05, 0.1) is 0 Å². The Labute approximate surface area is 129 Å². The van der Waals surface area contributed by atoms with Crippen molar-refractivity contribution in [2.24, 2.45) is 17.8 Å². The Hall–Kier alpha value is -0.170. The van der Waals surface area contributed by atoms with E-state index < -0.39 is 10.2 Å². The van der Waals surface area contributed by atoms with Gasteiger partial charge in [0.25, 0.3) is 10.2 Å². The molecule has 0 spiro atoms. The van der Waals surface area contributed by atoms with E-state index in [2.05, 4.69) is 13.8 Å². The Morgan fingerprint density at radius 1 is 1.05 bits per heavy atom. The van der Waals surface area contributed by atoms with Crippen LogP contribution in [0.2, 0.25) is 0 Å². The molecular weight excluding hydrogens is 288 g/mol. The molecule has 2 aliphatic heterocycles. The van der Waals surface area contributed by atoms with E-state index in [4.69, 9.17) is 0 Å². The smallest absolute Gasteiger partial charge is 0.281 e. The van der Waals surface area contributed by atoms with Crippen LogP contribution in [-0.4, -0.2) is 54.9 Å². The van der Waals surface area contributed by atoms with Gasteiger partial charge in [0.1, 0.15) is 0 Å². The van der Waals surface area contributed by atoms with Gasteiger partial charge in [0.2, 0.25) is 0 Å². The highest BCUT2D eigenvalue weighted by Crippen LogP contribution is 2.27. The van der Waals surface area contributed by atoms with Gasteiger partial charge in [0.15, 0.2) is 0 Å². The van der Waals surface area contributed by atoms with Gasteiger partial charge in [0, 0.05) is 32.8 Å². The first-order chi connectivity index (χ1) is 9.95. The second-order valence-corrected chi connectivity index (χ2v) is 8.82. The Balaban J connectivity index is 2.02. The van der Waals surface area contributed by atoms with Crippen molar-refractivity contribution in [1.82, 2.24) is 8.61 Å². The van der Waals surface area contributed by atoms with Crippen molar-refractivity contribution in [3.05, 3.63) is 0 Å². The summed E-state index contributed by atoms with van der Waals surface area (Å²) < 4.78 is 28.9. The average molecular weight is 318 g/mol. The molecule has 2 rings (SSSR count). The van der Waals surface area contributed by atoms with E-state index in [0.717, 1.165) is 32.1 Å². The third-order valence-electron chi connectivity index (χ3n) is 5.07. The molecule has 0 aromatic rings. The number of nitrogens with zero attached hydrogens (tertiary/aromatic N) is 2. The lowest BCUT2D eigenvalue weighted by molar-refractivity contribution is 0.160. The van der Waals surface area contributed by atoms with Gasteiger partial charge in [-0.15, -0.1) is 0 Å². The van der Waals surface area contributed by atoms with E-state index in [1.54, 1.807) is 8.61 Å². The van der Waals surface area contributed by atoms with Crippen molar-refractivity contribution in [2.75, 3.05) is 32.8 Å². The lowest BCUT2D eigenvalue weighted by atomic mass is 9.89. The lowest BCUT2D eigenvalue weighted by Gasteiger charge is -2.34. The Kier molecular flexibility index (Phi) is 6.05. The van der Waals surface area contributed by atoms with Crippen LogP contribution in [0.3, 0.4) is 0 Å². The van der Waals surface area contributed by atoms with Gasteiger partial charge in [-0.05, 0) is 49.9 Å². The highest BCUT2D eigenvalue weighted by atomic mass is 32.2. The van der Waals surface area contributed by atoms with Crippen molar-refractivity contribution in [3.63, 3.8) is 0 Å². The van der Waals surface area contributed by atoms with Gasteiger partial charge >= 0.3 is 0 Å². The van der Waals surface area contributed by atoms with Crippen LogP contribution in [0, 0.1) is 17.8 Å². The maximum absolute atomic E-state index is 12.8. The van der Waals surface area contributed by atoms with Crippen molar-refractivity contribution in [3.8, 4) is 0 Å². The second-order valence-electron chi connectivity index (χ2n) is 6.89. The summed E-state index contributed by atoms with van der Waals surface area (Å²) in [5, 5.41) is 9.29. The first-order valence-corrected chi connectivity index (χ1v) is 9.71. The second kappa shape index (κ2) is 7.40. The van der Waals surface area contributed by atoms with Crippen molar-refractivity contribution in [2.45, 2.75) is 46.0 Å². The van der Waals surface area contributed by atoms with Crippen LogP contribution in [0.1, 0.15) is 46.0 Å². The number of aliphatic hydroxyl groups is 1. The van der Waals surface area contributed by atoms with E-state index in [-0.39, 0.29) is 12.5 Å². The molecule has 1 N–H and O–H groups in total. The van der Waals surface area contributed by atoms with Crippen LogP contribution in [0.4, 0.5) is 0 Å². The maximum atomic E-state index is 12.8. The molecule has 124 valence electrons. The zero-order valence-corrected chi connectivity index (χ0v) is 14.2. The van der Waals surface area contributed by atoms with Gasteiger partial charge < -0.3 is 5.11 Å². The summed E-state index contributed by atoms with van der Waals surface area (Å²) in [5.41, 5.74) is 0. The summed E-state index contributed by atoms with van der Waals surface area (Å²) in [5.74, 6) is 1.36. The van der Waals surface area contributed by atoms with E-state index in [1.807, 2.05) is 0 Å². The fraction of sp³-hybridized carbons (Fsp3) is 1.00. The molecule has 0 aromatic heterocycles. The van der Waals surface area contributed by atoms with Gasteiger partial charge in [-0.25, -0.2) is 0 Å². The Bertz CT molecular complexity index is 425. The highest BCUT2D eigenvalue weighted by molar-refractivity contribution is 7.86. The summed E-state index contributed by atoms with van der Waals surface area (Å²) in [6.45, 7) is 6.90. The molecule has 2 aliphatic rings. The van der Waals surface area contributed by atoms with Gasteiger partial charge in [-0.1, -0.05) is 13.8 Å². The molecule has 0 bridgehead atoms. The molecule has 2 atom stereocenters. The molecule has 6 heteroatoms. The number of aliphatic hydroxyl groups excluding tert-OH is 1. The first kappa shape index (κ1) is 17.2. The van der Waals surface area contributed by atoms with Crippen LogP contribution >= 0.6 is 0 Å². The van der Waals surface area contributed by atoms with Crippen LogP contribution in [0.15, 0.2) is 0 Å². The number of hydrogen-bond donors (Lipinski definition) is 1. The fourth-order valence-corrected chi connectivity index (χ4v) is 5.32. The number of rotatable bonds is 4.